The predicted octanol–water partition coefficient (Wildman–Crippen LogP) is 3.94. The van der Waals surface area contributed by atoms with Gasteiger partial charge < -0.3 is 4.90 Å². The number of hydrogen-bond acceptors (Lipinski definition) is 2. The smallest absolute Gasteiger partial charge is 0.323 e. The van der Waals surface area contributed by atoms with Crippen LogP contribution in [0.2, 0.25) is 0 Å². The van der Waals surface area contributed by atoms with Gasteiger partial charge in [-0.25, -0.2) is 4.79 Å². The summed E-state index contributed by atoms with van der Waals surface area (Å²) in [5, 5.41) is 0. The Morgan fingerprint density at radius 2 is 1.96 bits per heavy atom. The number of rotatable bonds is 1. The summed E-state index contributed by atoms with van der Waals surface area (Å²) in [6.07, 6.45) is 3.63. The maximum Gasteiger partial charge on any atom is 0.328 e. The van der Waals surface area contributed by atoms with Crippen LogP contribution < -0.4 is 0 Å². The third kappa shape index (κ3) is 2.14. The van der Waals surface area contributed by atoms with Crippen LogP contribution in [-0.2, 0) is 6.54 Å². The number of hydrogen-bond donors (Lipinski definition) is 0. The molecule has 1 amide bonds. The van der Waals surface area contributed by atoms with Crippen molar-refractivity contribution < 1.29 is 4.79 Å². The molecule has 4 heteroatoms. The van der Waals surface area contributed by atoms with E-state index in [2.05, 4.69) is 29.2 Å². The van der Waals surface area contributed by atoms with Crippen molar-refractivity contribution in [2.75, 3.05) is 7.05 Å². The zero-order valence-electron chi connectivity index (χ0n) is 13.2. The van der Waals surface area contributed by atoms with Crippen molar-refractivity contribution in [1.29, 1.82) is 0 Å². The molecule has 0 atom stereocenters. The summed E-state index contributed by atoms with van der Waals surface area (Å²) < 4.78 is 1.71. The van der Waals surface area contributed by atoms with E-state index in [0.717, 1.165) is 33.6 Å². The minimum Gasteiger partial charge on any atom is -0.323 e. The van der Waals surface area contributed by atoms with Gasteiger partial charge in [0.25, 0.3) is 0 Å². The van der Waals surface area contributed by atoms with E-state index in [0.29, 0.717) is 6.54 Å². The van der Waals surface area contributed by atoms with Crippen molar-refractivity contribution >= 4 is 6.03 Å². The normalized spacial score (nSPS) is 13.5. The molecule has 0 saturated carbocycles. The van der Waals surface area contributed by atoms with Gasteiger partial charge in [0.15, 0.2) is 0 Å². The molecule has 0 spiro atoms. The maximum absolute atomic E-state index is 12.5. The number of aromatic nitrogens is 2. The summed E-state index contributed by atoms with van der Waals surface area (Å²) >= 11 is 0. The number of pyridine rings is 1. The molecular formula is C19H17N3O. The highest BCUT2D eigenvalue weighted by molar-refractivity contribution is 5.86. The number of amides is 1. The van der Waals surface area contributed by atoms with Crippen molar-refractivity contribution in [3.63, 3.8) is 0 Å². The summed E-state index contributed by atoms with van der Waals surface area (Å²) in [6.45, 7) is 2.63. The van der Waals surface area contributed by atoms with Crippen molar-refractivity contribution in [2.45, 2.75) is 13.5 Å². The topological polar surface area (TPSA) is 38.1 Å². The van der Waals surface area contributed by atoms with Crippen LogP contribution in [0.3, 0.4) is 0 Å². The quantitative estimate of drug-likeness (QED) is 0.683. The minimum atomic E-state index is 0.000285. The lowest BCUT2D eigenvalue weighted by Crippen LogP contribution is -2.28. The number of nitrogens with zero attached hydrogens (tertiary/aromatic N) is 3. The van der Waals surface area contributed by atoms with Crippen LogP contribution in [0, 0.1) is 6.92 Å². The average Bonchev–Trinajstić information content (AvgIpc) is 3.01. The third-order valence-electron chi connectivity index (χ3n) is 4.39. The van der Waals surface area contributed by atoms with Gasteiger partial charge in [-0.2, -0.15) is 0 Å². The summed E-state index contributed by atoms with van der Waals surface area (Å²) in [7, 11) is 1.83. The van der Waals surface area contributed by atoms with Gasteiger partial charge in [0.1, 0.15) is 0 Å². The fourth-order valence-electron chi connectivity index (χ4n) is 3.18. The van der Waals surface area contributed by atoms with Gasteiger partial charge in [-0.3, -0.25) is 9.55 Å². The van der Waals surface area contributed by atoms with Crippen LogP contribution in [0.1, 0.15) is 11.3 Å². The summed E-state index contributed by atoms with van der Waals surface area (Å²) in [4.78, 5) is 18.6. The molecule has 0 fully saturated rings. The Morgan fingerprint density at radius 1 is 1.09 bits per heavy atom. The van der Waals surface area contributed by atoms with Gasteiger partial charge in [0.05, 0.1) is 5.69 Å². The summed E-state index contributed by atoms with van der Waals surface area (Å²) in [5.74, 6) is 0. The molecule has 2 aromatic heterocycles. The molecule has 3 aromatic rings. The minimum absolute atomic E-state index is 0.000285. The molecule has 114 valence electrons. The largest absolute Gasteiger partial charge is 0.328 e. The second-order valence-corrected chi connectivity index (χ2v) is 5.91. The second kappa shape index (κ2) is 5.09. The van der Waals surface area contributed by atoms with E-state index in [-0.39, 0.29) is 6.03 Å². The van der Waals surface area contributed by atoms with Crippen LogP contribution in [0.15, 0.2) is 54.9 Å². The summed E-state index contributed by atoms with van der Waals surface area (Å²) in [5.41, 5.74) is 6.45. The Labute approximate surface area is 135 Å². The summed E-state index contributed by atoms with van der Waals surface area (Å²) in [6, 6.07) is 14.3. The van der Waals surface area contributed by atoms with Gasteiger partial charge in [-0.1, -0.05) is 18.2 Å². The van der Waals surface area contributed by atoms with Gasteiger partial charge >= 0.3 is 6.03 Å². The van der Waals surface area contributed by atoms with E-state index in [1.807, 2.05) is 38.4 Å². The van der Waals surface area contributed by atoms with Gasteiger partial charge in [0.2, 0.25) is 0 Å². The molecule has 0 unspecified atom stereocenters. The monoisotopic (exact) mass is 303 g/mol. The van der Waals surface area contributed by atoms with E-state index < -0.39 is 0 Å². The molecule has 0 aliphatic carbocycles. The van der Waals surface area contributed by atoms with Crippen molar-refractivity contribution in [3.8, 4) is 22.4 Å². The highest BCUT2D eigenvalue weighted by Gasteiger charge is 2.23. The van der Waals surface area contributed by atoms with E-state index in [1.165, 1.54) is 0 Å². The molecule has 4 rings (SSSR count). The standard InChI is InChI=1S/C19H17N3O/c1-13-16(5-3-9-20-13)14-7-8-15-12-21(2)19(23)22-10-4-6-18(22)17(15)11-14/h3-11H,12H2,1-2H3. The first-order chi connectivity index (χ1) is 11.1. The van der Waals surface area contributed by atoms with Crippen LogP contribution >= 0.6 is 0 Å². The lowest BCUT2D eigenvalue weighted by Gasteiger charge is -2.15. The number of fused-ring (bicyclic) bond motifs is 3. The highest BCUT2D eigenvalue weighted by atomic mass is 16.2. The van der Waals surface area contributed by atoms with Crippen LogP contribution in [0.25, 0.3) is 22.4 Å². The van der Waals surface area contributed by atoms with Crippen LogP contribution in [0.4, 0.5) is 4.79 Å². The van der Waals surface area contributed by atoms with Gasteiger partial charge in [0, 0.05) is 42.8 Å². The van der Waals surface area contributed by atoms with E-state index in [4.69, 9.17) is 0 Å². The van der Waals surface area contributed by atoms with Crippen LogP contribution in [0.5, 0.6) is 0 Å². The lowest BCUT2D eigenvalue weighted by molar-refractivity contribution is 0.210. The van der Waals surface area contributed by atoms with E-state index in [9.17, 15) is 4.79 Å². The number of carbonyl (C=O) groups is 1. The highest BCUT2D eigenvalue weighted by Crippen LogP contribution is 2.33. The van der Waals surface area contributed by atoms with Crippen molar-refractivity contribution in [2.24, 2.45) is 0 Å². The number of benzene rings is 1. The second-order valence-electron chi connectivity index (χ2n) is 5.91. The molecule has 23 heavy (non-hydrogen) atoms. The Hall–Kier alpha value is -2.88. The fourth-order valence-corrected chi connectivity index (χ4v) is 3.18. The average molecular weight is 303 g/mol. The lowest BCUT2D eigenvalue weighted by atomic mass is 9.96. The zero-order chi connectivity index (χ0) is 16.0. The maximum atomic E-state index is 12.5. The molecule has 0 bridgehead atoms. The molecule has 4 nitrogen and oxygen atoms in total. The third-order valence-corrected chi connectivity index (χ3v) is 4.39. The van der Waals surface area contributed by atoms with E-state index in [1.54, 1.807) is 15.7 Å². The SMILES string of the molecule is Cc1ncccc1-c1ccc2c(c1)-c1cccn1C(=O)N(C)C2. The first-order valence-electron chi connectivity index (χ1n) is 7.63. The molecule has 0 radical (unpaired) electrons. The molecule has 1 aliphatic rings. The molecule has 0 saturated heterocycles. The van der Waals surface area contributed by atoms with Crippen molar-refractivity contribution in [3.05, 3.63) is 66.1 Å². The predicted molar refractivity (Wildman–Crippen MR) is 90.1 cm³/mol. The molecule has 1 aromatic carbocycles. The van der Waals surface area contributed by atoms with Gasteiger partial charge in [-0.05, 0) is 42.3 Å². The first-order valence-corrected chi connectivity index (χ1v) is 7.63. The zero-order valence-corrected chi connectivity index (χ0v) is 13.2. The Bertz CT molecular complexity index is 910. The molecule has 3 heterocycles. The number of carbonyl (C=O) groups excluding carboxylic acids is 1. The Morgan fingerprint density at radius 3 is 2.78 bits per heavy atom. The molecule has 0 N–H and O–H groups in total. The molecular weight excluding hydrogens is 286 g/mol. The Kier molecular flexibility index (Phi) is 3.05. The first kappa shape index (κ1) is 13.8. The Balaban J connectivity index is 1.94. The molecule has 1 aliphatic heterocycles. The van der Waals surface area contributed by atoms with Crippen molar-refractivity contribution in [1.82, 2.24) is 14.5 Å². The number of aryl methyl sites for hydroxylation is 1. The van der Waals surface area contributed by atoms with E-state index >= 15 is 0 Å². The van der Waals surface area contributed by atoms with Crippen LogP contribution in [-0.4, -0.2) is 27.5 Å². The van der Waals surface area contributed by atoms with Gasteiger partial charge in [-0.15, -0.1) is 0 Å². The fraction of sp³-hybridized carbons (Fsp3) is 0.158.